The van der Waals surface area contributed by atoms with Gasteiger partial charge >= 0.3 is 5.97 Å². The standard InChI is InChI=1S/C15H17N3O3/c1-11(9-18-8-7-13(17-18)14(16)19)15(20)21-10-12-5-3-2-4-6-12/h2-8,11H,9-10H2,1H3,(H2,16,19). The summed E-state index contributed by atoms with van der Waals surface area (Å²) in [6.45, 7) is 2.33. The first kappa shape index (κ1) is 14.8. The lowest BCUT2D eigenvalue weighted by molar-refractivity contribution is -0.149. The van der Waals surface area contributed by atoms with Crippen LogP contribution in [0.4, 0.5) is 0 Å². The Hall–Kier alpha value is -2.63. The predicted molar refractivity (Wildman–Crippen MR) is 76.1 cm³/mol. The van der Waals surface area contributed by atoms with Crippen LogP contribution in [-0.4, -0.2) is 21.7 Å². The van der Waals surface area contributed by atoms with Gasteiger partial charge in [0, 0.05) is 6.20 Å². The molecule has 1 amide bonds. The Morgan fingerprint density at radius 2 is 2.00 bits per heavy atom. The lowest BCUT2D eigenvalue weighted by atomic mass is 10.2. The van der Waals surface area contributed by atoms with Crippen molar-refractivity contribution in [1.82, 2.24) is 9.78 Å². The fourth-order valence-corrected chi connectivity index (χ4v) is 1.82. The van der Waals surface area contributed by atoms with Crippen LogP contribution in [0.3, 0.4) is 0 Å². The van der Waals surface area contributed by atoms with E-state index in [1.54, 1.807) is 13.1 Å². The molecule has 0 saturated carbocycles. The van der Waals surface area contributed by atoms with Crippen LogP contribution in [0.15, 0.2) is 42.6 Å². The fraction of sp³-hybridized carbons (Fsp3) is 0.267. The second kappa shape index (κ2) is 6.69. The van der Waals surface area contributed by atoms with Crippen molar-refractivity contribution in [2.24, 2.45) is 11.7 Å². The highest BCUT2D eigenvalue weighted by Gasteiger charge is 2.16. The van der Waals surface area contributed by atoms with E-state index in [0.29, 0.717) is 6.54 Å². The summed E-state index contributed by atoms with van der Waals surface area (Å²) in [5.74, 6) is -1.27. The van der Waals surface area contributed by atoms with E-state index >= 15 is 0 Å². The largest absolute Gasteiger partial charge is 0.461 e. The Kier molecular flexibility index (Phi) is 4.71. The molecule has 0 aliphatic rings. The van der Waals surface area contributed by atoms with Crippen molar-refractivity contribution in [3.05, 3.63) is 53.9 Å². The molecule has 1 aromatic carbocycles. The molecule has 6 heteroatoms. The SMILES string of the molecule is CC(Cn1ccc(C(N)=O)n1)C(=O)OCc1ccccc1. The van der Waals surface area contributed by atoms with Crippen molar-refractivity contribution in [1.29, 1.82) is 0 Å². The smallest absolute Gasteiger partial charge is 0.310 e. The maximum absolute atomic E-state index is 11.9. The van der Waals surface area contributed by atoms with Crippen LogP contribution in [0.25, 0.3) is 0 Å². The Morgan fingerprint density at radius 1 is 1.29 bits per heavy atom. The monoisotopic (exact) mass is 287 g/mol. The van der Waals surface area contributed by atoms with Gasteiger partial charge in [0.25, 0.3) is 5.91 Å². The van der Waals surface area contributed by atoms with Crippen LogP contribution in [0, 0.1) is 5.92 Å². The lowest BCUT2D eigenvalue weighted by Gasteiger charge is -2.11. The van der Waals surface area contributed by atoms with E-state index in [-0.39, 0.29) is 24.2 Å². The number of ether oxygens (including phenoxy) is 1. The molecule has 0 aliphatic carbocycles. The Labute approximate surface area is 122 Å². The number of amides is 1. The van der Waals surface area contributed by atoms with Crippen molar-refractivity contribution in [2.45, 2.75) is 20.1 Å². The summed E-state index contributed by atoms with van der Waals surface area (Å²) in [6, 6.07) is 11.0. The van der Waals surface area contributed by atoms with Crippen molar-refractivity contribution >= 4 is 11.9 Å². The third-order valence-corrected chi connectivity index (χ3v) is 2.98. The molecule has 0 spiro atoms. The highest BCUT2D eigenvalue weighted by molar-refractivity contribution is 5.90. The number of aromatic nitrogens is 2. The molecule has 6 nitrogen and oxygen atoms in total. The summed E-state index contributed by atoms with van der Waals surface area (Å²) in [5, 5.41) is 3.98. The molecule has 0 bridgehead atoms. The Bertz CT molecular complexity index is 622. The molecule has 2 N–H and O–H groups in total. The third kappa shape index (κ3) is 4.17. The van der Waals surface area contributed by atoms with Gasteiger partial charge in [0.05, 0.1) is 12.5 Å². The number of carbonyl (C=O) groups is 2. The minimum atomic E-state index is -0.590. The zero-order valence-corrected chi connectivity index (χ0v) is 11.7. The molecular weight excluding hydrogens is 270 g/mol. The average Bonchev–Trinajstić information content (AvgIpc) is 2.94. The number of esters is 1. The van der Waals surface area contributed by atoms with Gasteiger partial charge in [-0.3, -0.25) is 14.3 Å². The van der Waals surface area contributed by atoms with Gasteiger partial charge in [0.15, 0.2) is 0 Å². The van der Waals surface area contributed by atoms with Crippen molar-refractivity contribution in [3.8, 4) is 0 Å². The molecule has 2 rings (SSSR count). The summed E-state index contributed by atoms with van der Waals surface area (Å²) in [7, 11) is 0. The van der Waals surface area contributed by atoms with E-state index in [9.17, 15) is 9.59 Å². The second-order valence-electron chi connectivity index (χ2n) is 4.78. The topological polar surface area (TPSA) is 87.2 Å². The highest BCUT2D eigenvalue weighted by Crippen LogP contribution is 2.07. The molecule has 0 aliphatic heterocycles. The number of primary amides is 1. The van der Waals surface area contributed by atoms with Gasteiger partial charge in [-0.2, -0.15) is 5.10 Å². The van der Waals surface area contributed by atoms with E-state index in [2.05, 4.69) is 5.10 Å². The summed E-state index contributed by atoms with van der Waals surface area (Å²) < 4.78 is 6.75. The first-order chi connectivity index (χ1) is 10.1. The molecule has 1 unspecified atom stereocenters. The molecule has 110 valence electrons. The molecule has 1 heterocycles. The molecule has 0 radical (unpaired) electrons. The first-order valence-corrected chi connectivity index (χ1v) is 6.60. The predicted octanol–water partition coefficient (Wildman–Crippen LogP) is 1.36. The van der Waals surface area contributed by atoms with Gasteiger partial charge in [0.2, 0.25) is 0 Å². The quantitative estimate of drug-likeness (QED) is 0.813. The summed E-state index contributed by atoms with van der Waals surface area (Å²) in [4.78, 5) is 22.9. The fourth-order valence-electron chi connectivity index (χ4n) is 1.82. The second-order valence-corrected chi connectivity index (χ2v) is 4.78. The number of hydrogen-bond donors (Lipinski definition) is 1. The Balaban J connectivity index is 1.85. The summed E-state index contributed by atoms with van der Waals surface area (Å²) >= 11 is 0. The molecule has 1 atom stereocenters. The van der Waals surface area contributed by atoms with Gasteiger partial charge in [-0.1, -0.05) is 37.3 Å². The minimum absolute atomic E-state index is 0.180. The van der Waals surface area contributed by atoms with E-state index in [4.69, 9.17) is 10.5 Å². The number of rotatable bonds is 6. The van der Waals surface area contributed by atoms with Crippen LogP contribution in [-0.2, 0) is 22.7 Å². The maximum atomic E-state index is 11.9. The van der Waals surface area contributed by atoms with Crippen molar-refractivity contribution in [3.63, 3.8) is 0 Å². The third-order valence-electron chi connectivity index (χ3n) is 2.98. The molecule has 2 aromatic rings. The summed E-state index contributed by atoms with van der Waals surface area (Å²) in [5.41, 5.74) is 6.24. The van der Waals surface area contributed by atoms with Crippen LogP contribution in [0.1, 0.15) is 23.0 Å². The van der Waals surface area contributed by atoms with Crippen LogP contribution >= 0.6 is 0 Å². The highest BCUT2D eigenvalue weighted by atomic mass is 16.5. The van der Waals surface area contributed by atoms with Gasteiger partial charge < -0.3 is 10.5 Å². The molecule has 0 saturated heterocycles. The van der Waals surface area contributed by atoms with Gasteiger partial charge in [-0.25, -0.2) is 0 Å². The number of nitrogens with zero attached hydrogens (tertiary/aromatic N) is 2. The van der Waals surface area contributed by atoms with Crippen LogP contribution < -0.4 is 5.73 Å². The summed E-state index contributed by atoms with van der Waals surface area (Å²) in [6.07, 6.45) is 1.61. The van der Waals surface area contributed by atoms with Gasteiger partial charge in [0.1, 0.15) is 12.3 Å². The molecule has 21 heavy (non-hydrogen) atoms. The van der Waals surface area contributed by atoms with E-state index < -0.39 is 5.91 Å². The number of hydrogen-bond acceptors (Lipinski definition) is 4. The first-order valence-electron chi connectivity index (χ1n) is 6.60. The van der Waals surface area contributed by atoms with Gasteiger partial charge in [-0.05, 0) is 11.6 Å². The van der Waals surface area contributed by atoms with Crippen molar-refractivity contribution in [2.75, 3.05) is 0 Å². The lowest BCUT2D eigenvalue weighted by Crippen LogP contribution is -2.21. The normalized spacial score (nSPS) is 11.9. The van der Waals surface area contributed by atoms with Crippen LogP contribution in [0.2, 0.25) is 0 Å². The molecular formula is C15H17N3O3. The zero-order valence-electron chi connectivity index (χ0n) is 11.7. The van der Waals surface area contributed by atoms with E-state index in [1.165, 1.54) is 10.7 Å². The van der Waals surface area contributed by atoms with E-state index in [0.717, 1.165) is 5.56 Å². The minimum Gasteiger partial charge on any atom is -0.461 e. The van der Waals surface area contributed by atoms with Gasteiger partial charge in [-0.15, -0.1) is 0 Å². The average molecular weight is 287 g/mol. The number of nitrogens with two attached hydrogens (primary N) is 1. The molecule has 1 aromatic heterocycles. The maximum Gasteiger partial charge on any atom is 0.310 e. The van der Waals surface area contributed by atoms with Crippen LogP contribution in [0.5, 0.6) is 0 Å². The zero-order chi connectivity index (χ0) is 15.2. The number of benzene rings is 1. The van der Waals surface area contributed by atoms with E-state index in [1.807, 2.05) is 30.3 Å². The molecule has 0 fully saturated rings. The number of carbonyl (C=O) groups excluding carboxylic acids is 2. The Morgan fingerprint density at radius 3 is 2.62 bits per heavy atom. The van der Waals surface area contributed by atoms with Crippen molar-refractivity contribution < 1.29 is 14.3 Å².